The molecule has 4 N–H and O–H groups in total. The number of H-pyrrole nitrogens is 1. The standard InChI is InChI=1S/C23H26F2N6O2S/c1-13(14-4-6-17(24)7-5-14)27-22-16(12-26-34(32,33)18-8-9-18)10-19(25)23(29-22)28-21-11-20(30-31-21)15-2-3-15/h4-7,10-11,13,15,18,26H,2-3,8-9,12H2,1H3,(H3,27,28,29,30,31)/t13-/m0/s1. The predicted octanol–water partition coefficient (Wildman–Crippen LogP) is 4.46. The lowest BCUT2D eigenvalue weighted by Gasteiger charge is -2.19. The first kappa shape index (κ1) is 22.7. The van der Waals surface area contributed by atoms with Crippen LogP contribution in [0.2, 0.25) is 0 Å². The van der Waals surface area contributed by atoms with Gasteiger partial charge in [0, 0.05) is 35.8 Å². The molecule has 34 heavy (non-hydrogen) atoms. The van der Waals surface area contributed by atoms with Crippen molar-refractivity contribution in [2.75, 3.05) is 10.6 Å². The summed E-state index contributed by atoms with van der Waals surface area (Å²) in [7, 11) is -3.46. The molecule has 3 aromatic rings. The first-order chi connectivity index (χ1) is 16.3. The zero-order valence-electron chi connectivity index (χ0n) is 18.6. The Balaban J connectivity index is 1.41. The molecule has 8 nitrogen and oxygen atoms in total. The van der Waals surface area contributed by atoms with Gasteiger partial charge in [0.05, 0.1) is 5.25 Å². The molecule has 0 bridgehead atoms. The quantitative estimate of drug-likeness (QED) is 0.335. The summed E-state index contributed by atoms with van der Waals surface area (Å²) < 4.78 is 55.5. The molecule has 11 heteroatoms. The van der Waals surface area contributed by atoms with Crippen LogP contribution in [-0.2, 0) is 16.6 Å². The van der Waals surface area contributed by atoms with E-state index in [-0.39, 0.29) is 29.5 Å². The van der Waals surface area contributed by atoms with E-state index >= 15 is 0 Å². The highest BCUT2D eigenvalue weighted by Crippen LogP contribution is 2.39. The molecule has 1 aromatic carbocycles. The summed E-state index contributed by atoms with van der Waals surface area (Å²) in [6, 6.07) is 8.82. The number of hydrogen-bond acceptors (Lipinski definition) is 6. The number of anilines is 3. The van der Waals surface area contributed by atoms with Crippen molar-refractivity contribution >= 4 is 27.5 Å². The number of pyridine rings is 1. The number of benzene rings is 1. The van der Waals surface area contributed by atoms with E-state index in [0.717, 1.165) is 24.1 Å². The molecule has 0 saturated heterocycles. The van der Waals surface area contributed by atoms with E-state index in [0.29, 0.717) is 36.0 Å². The highest BCUT2D eigenvalue weighted by atomic mass is 32.2. The molecule has 0 spiro atoms. The molecule has 2 aliphatic rings. The Labute approximate surface area is 196 Å². The van der Waals surface area contributed by atoms with Crippen molar-refractivity contribution in [3.63, 3.8) is 0 Å². The molecular formula is C23H26F2N6O2S. The zero-order chi connectivity index (χ0) is 23.9. The lowest BCUT2D eigenvalue weighted by Crippen LogP contribution is -2.27. The molecule has 2 heterocycles. The van der Waals surface area contributed by atoms with Crippen molar-refractivity contribution in [3.05, 3.63) is 64.9 Å². The van der Waals surface area contributed by atoms with E-state index < -0.39 is 15.8 Å². The second-order valence-electron chi connectivity index (χ2n) is 8.92. The molecule has 0 unspecified atom stereocenters. The highest BCUT2D eigenvalue weighted by molar-refractivity contribution is 7.90. The summed E-state index contributed by atoms with van der Waals surface area (Å²) in [6.07, 6.45) is 3.47. The van der Waals surface area contributed by atoms with Gasteiger partial charge in [-0.05, 0) is 56.4 Å². The lowest BCUT2D eigenvalue weighted by molar-refractivity contribution is 0.578. The van der Waals surface area contributed by atoms with Crippen molar-refractivity contribution in [3.8, 4) is 0 Å². The van der Waals surface area contributed by atoms with Crippen LogP contribution < -0.4 is 15.4 Å². The zero-order valence-corrected chi connectivity index (χ0v) is 19.4. The summed E-state index contributed by atoms with van der Waals surface area (Å²) in [5.41, 5.74) is 2.16. The number of sulfonamides is 1. The van der Waals surface area contributed by atoms with Crippen molar-refractivity contribution in [2.24, 2.45) is 0 Å². The van der Waals surface area contributed by atoms with E-state index in [9.17, 15) is 17.2 Å². The fourth-order valence-corrected chi connectivity index (χ4v) is 5.06. The van der Waals surface area contributed by atoms with Gasteiger partial charge in [-0.3, -0.25) is 5.10 Å². The van der Waals surface area contributed by atoms with Crippen molar-refractivity contribution in [2.45, 2.75) is 56.4 Å². The maximum Gasteiger partial charge on any atom is 0.214 e. The smallest absolute Gasteiger partial charge is 0.214 e. The van der Waals surface area contributed by atoms with Crippen LogP contribution in [0.4, 0.5) is 26.2 Å². The van der Waals surface area contributed by atoms with Gasteiger partial charge in [-0.25, -0.2) is 26.9 Å². The van der Waals surface area contributed by atoms with Crippen molar-refractivity contribution in [1.82, 2.24) is 19.9 Å². The summed E-state index contributed by atoms with van der Waals surface area (Å²) in [5, 5.41) is 12.9. The minimum Gasteiger partial charge on any atom is -0.363 e. The van der Waals surface area contributed by atoms with Crippen LogP contribution in [0.15, 0.2) is 36.4 Å². The van der Waals surface area contributed by atoms with E-state index in [4.69, 9.17) is 0 Å². The normalized spacial score (nSPS) is 16.9. The van der Waals surface area contributed by atoms with Gasteiger partial charge in [-0.15, -0.1) is 0 Å². The predicted molar refractivity (Wildman–Crippen MR) is 125 cm³/mol. The van der Waals surface area contributed by atoms with Crippen molar-refractivity contribution in [1.29, 1.82) is 0 Å². The van der Waals surface area contributed by atoms with Gasteiger partial charge in [0.15, 0.2) is 17.5 Å². The summed E-state index contributed by atoms with van der Waals surface area (Å²) in [6.45, 7) is 1.76. The lowest BCUT2D eigenvalue weighted by atomic mass is 10.1. The van der Waals surface area contributed by atoms with Gasteiger partial charge >= 0.3 is 0 Å². The third-order valence-corrected chi connectivity index (χ3v) is 7.96. The number of hydrogen-bond donors (Lipinski definition) is 4. The van der Waals surface area contributed by atoms with Gasteiger partial charge in [0.25, 0.3) is 0 Å². The minimum absolute atomic E-state index is 0.0311. The minimum atomic E-state index is -3.46. The Hall–Kier alpha value is -3.05. The second-order valence-corrected chi connectivity index (χ2v) is 11.0. The molecule has 2 fully saturated rings. The second kappa shape index (κ2) is 8.95. The highest BCUT2D eigenvalue weighted by Gasteiger charge is 2.35. The first-order valence-electron chi connectivity index (χ1n) is 11.3. The molecule has 2 aliphatic carbocycles. The van der Waals surface area contributed by atoms with E-state index in [1.165, 1.54) is 18.2 Å². The number of nitrogens with zero attached hydrogens (tertiary/aromatic N) is 2. The average molecular weight is 489 g/mol. The first-order valence-corrected chi connectivity index (χ1v) is 12.9. The summed E-state index contributed by atoms with van der Waals surface area (Å²) in [5.74, 6) is 0.233. The topological polar surface area (TPSA) is 112 Å². The number of nitrogens with one attached hydrogen (secondary N) is 4. The van der Waals surface area contributed by atoms with E-state index in [2.05, 4.69) is 30.5 Å². The van der Waals surface area contributed by atoms with Crippen LogP contribution >= 0.6 is 0 Å². The summed E-state index contributed by atoms with van der Waals surface area (Å²) >= 11 is 0. The largest absolute Gasteiger partial charge is 0.363 e. The Morgan fingerprint density at radius 1 is 1.09 bits per heavy atom. The fraction of sp³-hybridized carbons (Fsp3) is 0.391. The molecule has 1 atom stereocenters. The molecule has 0 radical (unpaired) electrons. The van der Waals surface area contributed by atoms with Crippen molar-refractivity contribution < 1.29 is 17.2 Å². The number of aromatic nitrogens is 3. The van der Waals surface area contributed by atoms with Gasteiger partial charge in [-0.2, -0.15) is 5.10 Å². The molecule has 180 valence electrons. The maximum atomic E-state index is 15.0. The Bertz CT molecular complexity index is 1290. The van der Waals surface area contributed by atoms with Crippen LogP contribution in [0, 0.1) is 11.6 Å². The third kappa shape index (κ3) is 5.20. The Morgan fingerprint density at radius 2 is 1.82 bits per heavy atom. The van der Waals surface area contributed by atoms with Crippen LogP contribution in [0.5, 0.6) is 0 Å². The number of aromatic amines is 1. The summed E-state index contributed by atoms with van der Waals surface area (Å²) in [4.78, 5) is 4.42. The average Bonchev–Trinajstić information content (AvgIpc) is 3.73. The van der Waals surface area contributed by atoms with E-state index in [1.54, 1.807) is 12.1 Å². The fourth-order valence-electron chi connectivity index (χ4n) is 3.71. The van der Waals surface area contributed by atoms with Gasteiger partial charge in [0.2, 0.25) is 10.0 Å². The molecule has 0 aliphatic heterocycles. The van der Waals surface area contributed by atoms with Gasteiger partial charge in [0.1, 0.15) is 11.6 Å². The molecule has 2 aromatic heterocycles. The molecular weight excluding hydrogens is 462 g/mol. The molecule has 0 amide bonds. The molecule has 2 saturated carbocycles. The van der Waals surface area contributed by atoms with Gasteiger partial charge < -0.3 is 10.6 Å². The number of rotatable bonds is 10. The maximum absolute atomic E-state index is 15.0. The van der Waals surface area contributed by atoms with Crippen LogP contribution in [0.1, 0.15) is 61.4 Å². The van der Waals surface area contributed by atoms with Crippen LogP contribution in [0.25, 0.3) is 0 Å². The van der Waals surface area contributed by atoms with E-state index in [1.807, 2.05) is 13.0 Å². The van der Waals surface area contributed by atoms with Gasteiger partial charge in [-0.1, -0.05) is 12.1 Å². The monoisotopic (exact) mass is 488 g/mol. The Morgan fingerprint density at radius 3 is 2.50 bits per heavy atom. The Kier molecular flexibility index (Phi) is 5.98. The molecule has 5 rings (SSSR count). The van der Waals surface area contributed by atoms with Crippen LogP contribution in [0.3, 0.4) is 0 Å². The SMILES string of the molecule is C[C@H](Nc1nc(Nc2cc(C3CC3)[nH]n2)c(F)cc1CNS(=O)(=O)C1CC1)c1ccc(F)cc1. The van der Waals surface area contributed by atoms with Crippen LogP contribution in [-0.4, -0.2) is 28.8 Å². The number of halogens is 2. The third-order valence-electron chi connectivity index (χ3n) is 6.07.